The fourth-order valence-electron chi connectivity index (χ4n) is 3.45. The number of hydrogen-bond acceptors (Lipinski definition) is 5. The van der Waals surface area contributed by atoms with Gasteiger partial charge in [0.05, 0.1) is 24.1 Å². The number of morpholine rings is 1. The van der Waals surface area contributed by atoms with E-state index in [9.17, 15) is 4.79 Å². The van der Waals surface area contributed by atoms with Crippen LogP contribution in [-0.2, 0) is 11.3 Å². The number of rotatable bonds is 7. The summed E-state index contributed by atoms with van der Waals surface area (Å²) in [7, 11) is 0. The van der Waals surface area contributed by atoms with Gasteiger partial charge in [-0.3, -0.25) is 9.36 Å². The van der Waals surface area contributed by atoms with E-state index in [-0.39, 0.29) is 5.56 Å². The minimum absolute atomic E-state index is 0.00148. The van der Waals surface area contributed by atoms with Gasteiger partial charge in [-0.05, 0) is 56.5 Å². The molecule has 0 bridgehead atoms. The number of nitrogens with one attached hydrogen (secondary N) is 1. The minimum atomic E-state index is -0.00148. The lowest BCUT2D eigenvalue weighted by Crippen LogP contribution is -2.36. The van der Waals surface area contributed by atoms with E-state index in [1.807, 2.05) is 18.2 Å². The number of hydrogen-bond donors (Lipinski definition) is 1. The third kappa shape index (κ3) is 4.16. The molecule has 3 rings (SSSR count). The van der Waals surface area contributed by atoms with Gasteiger partial charge in [0.25, 0.3) is 5.56 Å². The Morgan fingerprint density at radius 2 is 1.96 bits per heavy atom. The molecular formula is C19H28N4O2S. The Labute approximate surface area is 159 Å². The SMILES string of the molecule is CCN(CC)CCCn1c(=S)[nH]c2ccc(N3CCOCC3)cc2c1=O. The predicted octanol–water partition coefficient (Wildman–Crippen LogP) is 2.63. The maximum absolute atomic E-state index is 13.0. The Bertz CT molecular complexity index is 851. The highest BCUT2D eigenvalue weighted by molar-refractivity contribution is 7.71. The van der Waals surface area contributed by atoms with Gasteiger partial charge in [0.15, 0.2) is 4.77 Å². The van der Waals surface area contributed by atoms with Crippen LogP contribution in [0.25, 0.3) is 10.9 Å². The van der Waals surface area contributed by atoms with Gasteiger partial charge in [-0.25, -0.2) is 0 Å². The molecule has 0 saturated carbocycles. The molecule has 7 heteroatoms. The number of aromatic amines is 1. The van der Waals surface area contributed by atoms with Crippen molar-refractivity contribution in [1.29, 1.82) is 0 Å². The summed E-state index contributed by atoms with van der Waals surface area (Å²) < 4.78 is 7.62. The van der Waals surface area contributed by atoms with Gasteiger partial charge in [0, 0.05) is 25.3 Å². The minimum Gasteiger partial charge on any atom is -0.378 e. The van der Waals surface area contributed by atoms with E-state index >= 15 is 0 Å². The molecule has 1 fully saturated rings. The molecule has 142 valence electrons. The summed E-state index contributed by atoms with van der Waals surface area (Å²) >= 11 is 5.43. The average Bonchev–Trinajstić information content (AvgIpc) is 2.68. The molecule has 0 atom stereocenters. The van der Waals surface area contributed by atoms with Crippen molar-refractivity contribution in [2.24, 2.45) is 0 Å². The molecule has 0 amide bonds. The fraction of sp³-hybridized carbons (Fsp3) is 0.579. The first-order valence-electron chi connectivity index (χ1n) is 9.46. The second-order valence-electron chi connectivity index (χ2n) is 6.60. The van der Waals surface area contributed by atoms with Crippen LogP contribution in [0.4, 0.5) is 5.69 Å². The van der Waals surface area contributed by atoms with Crippen molar-refractivity contribution in [3.63, 3.8) is 0 Å². The van der Waals surface area contributed by atoms with Crippen molar-refractivity contribution < 1.29 is 4.74 Å². The molecule has 26 heavy (non-hydrogen) atoms. The number of ether oxygens (including phenoxy) is 1. The molecule has 0 spiro atoms. The average molecular weight is 377 g/mol. The van der Waals surface area contributed by atoms with Crippen LogP contribution < -0.4 is 10.5 Å². The zero-order chi connectivity index (χ0) is 18.5. The third-order valence-corrected chi connectivity index (χ3v) is 5.41. The number of nitrogens with zero attached hydrogens (tertiary/aromatic N) is 3. The van der Waals surface area contributed by atoms with E-state index < -0.39 is 0 Å². The number of aromatic nitrogens is 2. The van der Waals surface area contributed by atoms with Crippen molar-refractivity contribution in [2.45, 2.75) is 26.8 Å². The first-order valence-corrected chi connectivity index (χ1v) is 9.86. The van der Waals surface area contributed by atoms with E-state index in [0.717, 1.165) is 63.6 Å². The molecule has 2 heterocycles. The molecule has 1 saturated heterocycles. The summed E-state index contributed by atoms with van der Waals surface area (Å²) in [5, 5.41) is 0.699. The summed E-state index contributed by atoms with van der Waals surface area (Å²) in [6, 6.07) is 5.98. The first kappa shape index (κ1) is 19.1. The van der Waals surface area contributed by atoms with E-state index in [2.05, 4.69) is 28.6 Å². The van der Waals surface area contributed by atoms with E-state index in [1.165, 1.54) is 0 Å². The lowest BCUT2D eigenvalue weighted by Gasteiger charge is -2.29. The zero-order valence-corrected chi connectivity index (χ0v) is 16.5. The maximum atomic E-state index is 13.0. The first-order chi connectivity index (χ1) is 12.6. The van der Waals surface area contributed by atoms with Crippen LogP contribution in [0.2, 0.25) is 0 Å². The Morgan fingerprint density at radius 1 is 1.23 bits per heavy atom. The number of H-pyrrole nitrogens is 1. The molecule has 1 aliphatic rings. The summed E-state index contributed by atoms with van der Waals surface area (Å²) in [6.07, 6.45) is 0.910. The zero-order valence-electron chi connectivity index (χ0n) is 15.7. The molecule has 1 aromatic carbocycles. The van der Waals surface area contributed by atoms with Gasteiger partial charge < -0.3 is 19.5 Å². The maximum Gasteiger partial charge on any atom is 0.262 e. The van der Waals surface area contributed by atoms with Crippen molar-refractivity contribution in [3.05, 3.63) is 33.3 Å². The van der Waals surface area contributed by atoms with Crippen LogP contribution in [0, 0.1) is 4.77 Å². The van der Waals surface area contributed by atoms with Crippen LogP contribution in [0.5, 0.6) is 0 Å². The Hall–Kier alpha value is -1.70. The third-order valence-electron chi connectivity index (χ3n) is 5.09. The van der Waals surface area contributed by atoms with Crippen LogP contribution in [0.1, 0.15) is 20.3 Å². The van der Waals surface area contributed by atoms with Crippen molar-refractivity contribution in [1.82, 2.24) is 14.5 Å². The molecule has 6 nitrogen and oxygen atoms in total. The van der Waals surface area contributed by atoms with Crippen molar-refractivity contribution >= 4 is 28.8 Å². The molecule has 2 aromatic rings. The Morgan fingerprint density at radius 3 is 2.65 bits per heavy atom. The van der Waals surface area contributed by atoms with Gasteiger partial charge in [-0.1, -0.05) is 13.8 Å². The lowest BCUT2D eigenvalue weighted by atomic mass is 10.2. The smallest absolute Gasteiger partial charge is 0.262 e. The molecule has 0 unspecified atom stereocenters. The van der Waals surface area contributed by atoms with Gasteiger partial charge >= 0.3 is 0 Å². The highest BCUT2D eigenvalue weighted by Gasteiger charge is 2.13. The van der Waals surface area contributed by atoms with Gasteiger partial charge in [0.2, 0.25) is 0 Å². The molecule has 1 N–H and O–H groups in total. The van der Waals surface area contributed by atoms with E-state index in [1.54, 1.807) is 4.57 Å². The summed E-state index contributed by atoms with van der Waals surface area (Å²) in [5.74, 6) is 0. The Balaban J connectivity index is 1.86. The molecule has 0 aliphatic carbocycles. The van der Waals surface area contributed by atoms with Crippen molar-refractivity contribution in [3.8, 4) is 0 Å². The molecular weight excluding hydrogens is 348 g/mol. The van der Waals surface area contributed by atoms with Gasteiger partial charge in [0.1, 0.15) is 0 Å². The second kappa shape index (κ2) is 8.79. The normalized spacial score (nSPS) is 15.1. The van der Waals surface area contributed by atoms with Crippen LogP contribution in [-0.4, -0.2) is 60.4 Å². The number of fused-ring (bicyclic) bond motifs is 1. The lowest BCUT2D eigenvalue weighted by molar-refractivity contribution is 0.122. The number of anilines is 1. The molecule has 1 aliphatic heterocycles. The van der Waals surface area contributed by atoms with E-state index in [4.69, 9.17) is 17.0 Å². The fourth-order valence-corrected chi connectivity index (χ4v) is 3.74. The molecule has 0 radical (unpaired) electrons. The van der Waals surface area contributed by atoms with E-state index in [0.29, 0.717) is 16.7 Å². The van der Waals surface area contributed by atoms with Crippen molar-refractivity contribution in [2.75, 3.05) is 50.8 Å². The van der Waals surface area contributed by atoms with Crippen LogP contribution in [0.3, 0.4) is 0 Å². The highest BCUT2D eigenvalue weighted by Crippen LogP contribution is 2.20. The topological polar surface area (TPSA) is 53.5 Å². The standard InChI is InChI=1S/C19H28N4O2S/c1-3-21(4-2)8-5-9-23-18(24)16-14-15(22-10-12-25-13-11-22)6-7-17(16)20-19(23)26/h6-7,14H,3-5,8-13H2,1-2H3,(H,20,26). The predicted molar refractivity (Wildman–Crippen MR) is 109 cm³/mol. The summed E-state index contributed by atoms with van der Waals surface area (Å²) in [4.78, 5) is 20.9. The quantitative estimate of drug-likeness (QED) is 0.753. The van der Waals surface area contributed by atoms with Gasteiger partial charge in [-0.15, -0.1) is 0 Å². The highest BCUT2D eigenvalue weighted by atomic mass is 32.1. The monoisotopic (exact) mass is 376 g/mol. The Kier molecular flexibility index (Phi) is 6.45. The van der Waals surface area contributed by atoms with Crippen LogP contribution >= 0.6 is 12.2 Å². The largest absolute Gasteiger partial charge is 0.378 e. The van der Waals surface area contributed by atoms with Crippen LogP contribution in [0.15, 0.2) is 23.0 Å². The summed E-state index contributed by atoms with van der Waals surface area (Å²) in [5.41, 5.74) is 1.87. The second-order valence-corrected chi connectivity index (χ2v) is 6.98. The molecule has 1 aromatic heterocycles. The summed E-state index contributed by atoms with van der Waals surface area (Å²) in [6.45, 7) is 11.1. The number of benzene rings is 1. The van der Waals surface area contributed by atoms with Gasteiger partial charge in [-0.2, -0.15) is 0 Å².